The number of hydrogen-bond donors (Lipinski definition) is 2. The summed E-state index contributed by atoms with van der Waals surface area (Å²) in [6.45, 7) is 0. The molecule has 0 radical (unpaired) electrons. The largest absolute Gasteiger partial charge is 0.481 e. The van der Waals surface area contributed by atoms with E-state index in [1.807, 2.05) is 0 Å². The average molecular weight is 331 g/mol. The third kappa shape index (κ3) is 3.17. The Labute approximate surface area is 125 Å². The number of amides is 1. The molecule has 9 heteroatoms. The molecule has 0 spiro atoms. The van der Waals surface area contributed by atoms with Crippen molar-refractivity contribution in [3.8, 4) is 0 Å². The van der Waals surface area contributed by atoms with Crippen LogP contribution in [0.2, 0.25) is 5.02 Å². The van der Waals surface area contributed by atoms with Gasteiger partial charge in [0.15, 0.2) is 0 Å². The second kappa shape index (κ2) is 5.74. The van der Waals surface area contributed by atoms with E-state index in [9.17, 15) is 18.0 Å². The lowest BCUT2D eigenvalue weighted by Crippen LogP contribution is -2.49. The van der Waals surface area contributed by atoms with Crippen LogP contribution in [0.4, 0.5) is 0 Å². The molecule has 7 nitrogen and oxygen atoms in total. The zero-order valence-corrected chi connectivity index (χ0v) is 12.1. The van der Waals surface area contributed by atoms with E-state index >= 15 is 0 Å². The fourth-order valence-corrected chi connectivity index (χ4v) is 3.41. The molecule has 1 heterocycles. The molecule has 0 saturated heterocycles. The Hall–Kier alpha value is -2.06. The first-order valence-corrected chi connectivity index (χ1v) is 7.62. The molecule has 0 bridgehead atoms. The first-order valence-electron chi connectivity index (χ1n) is 5.80. The Morgan fingerprint density at radius 2 is 1.95 bits per heavy atom. The molecule has 1 aliphatic heterocycles. The predicted molar refractivity (Wildman–Crippen MR) is 73.8 cm³/mol. The van der Waals surface area contributed by atoms with Gasteiger partial charge in [0, 0.05) is 17.4 Å². The summed E-state index contributed by atoms with van der Waals surface area (Å²) in [6.07, 6.45) is 1.64. The maximum atomic E-state index is 12.5. The number of benzene rings is 1. The van der Waals surface area contributed by atoms with Gasteiger partial charge in [-0.25, -0.2) is 8.42 Å². The molecular weight excluding hydrogens is 320 g/mol. The number of nitrogens with zero attached hydrogens (tertiary/aromatic N) is 1. The van der Waals surface area contributed by atoms with Crippen LogP contribution < -0.4 is 5.32 Å². The van der Waals surface area contributed by atoms with E-state index in [1.165, 1.54) is 24.3 Å². The minimum Gasteiger partial charge on any atom is -0.481 e. The van der Waals surface area contributed by atoms with E-state index < -0.39 is 34.4 Å². The minimum atomic E-state index is -4.04. The van der Waals surface area contributed by atoms with Crippen LogP contribution >= 0.6 is 11.6 Å². The number of carboxylic acid groups (broad SMARTS) is 1. The Balaban J connectivity index is 2.43. The fourth-order valence-electron chi connectivity index (χ4n) is 1.83. The maximum absolute atomic E-state index is 12.5. The summed E-state index contributed by atoms with van der Waals surface area (Å²) < 4.78 is 25.7. The van der Waals surface area contributed by atoms with Gasteiger partial charge in [0.05, 0.1) is 11.3 Å². The van der Waals surface area contributed by atoms with E-state index in [2.05, 4.69) is 5.32 Å². The molecule has 112 valence electrons. The van der Waals surface area contributed by atoms with Crippen LogP contribution in [0.5, 0.6) is 0 Å². The molecule has 1 aromatic rings. The number of rotatable bonds is 4. The lowest BCUT2D eigenvalue weighted by molar-refractivity contribution is -0.140. The van der Waals surface area contributed by atoms with Crippen LogP contribution in [0.3, 0.4) is 0 Å². The zero-order valence-electron chi connectivity index (χ0n) is 10.6. The minimum absolute atomic E-state index is 0.0818. The molecule has 0 aliphatic carbocycles. The van der Waals surface area contributed by atoms with Gasteiger partial charge in [-0.3, -0.25) is 13.9 Å². The van der Waals surface area contributed by atoms with Crippen molar-refractivity contribution in [1.29, 1.82) is 0 Å². The quantitative estimate of drug-likeness (QED) is 0.848. The van der Waals surface area contributed by atoms with Crippen molar-refractivity contribution < 1.29 is 23.1 Å². The van der Waals surface area contributed by atoms with Crippen LogP contribution in [-0.4, -0.2) is 35.7 Å². The molecule has 1 aromatic carbocycles. The van der Waals surface area contributed by atoms with Crippen molar-refractivity contribution in [2.45, 2.75) is 17.4 Å². The van der Waals surface area contributed by atoms with E-state index in [0.29, 0.717) is 5.02 Å². The summed E-state index contributed by atoms with van der Waals surface area (Å²) in [5.41, 5.74) is 0. The second-order valence-corrected chi connectivity index (χ2v) is 6.51. The third-order valence-electron chi connectivity index (χ3n) is 2.81. The number of carboxylic acids is 1. The fraction of sp³-hybridized carbons (Fsp3) is 0.167. The summed E-state index contributed by atoms with van der Waals surface area (Å²) in [4.78, 5) is 22.5. The number of sulfonamides is 1. The van der Waals surface area contributed by atoms with E-state index in [0.717, 1.165) is 16.7 Å². The van der Waals surface area contributed by atoms with Crippen molar-refractivity contribution in [3.05, 3.63) is 41.7 Å². The smallest absolute Gasteiger partial charge is 0.306 e. The average Bonchev–Trinajstić information content (AvgIpc) is 2.41. The van der Waals surface area contributed by atoms with Crippen molar-refractivity contribution in [1.82, 2.24) is 9.62 Å². The van der Waals surface area contributed by atoms with Gasteiger partial charge < -0.3 is 10.4 Å². The van der Waals surface area contributed by atoms with E-state index in [1.54, 1.807) is 0 Å². The molecule has 1 atom stereocenters. The van der Waals surface area contributed by atoms with Gasteiger partial charge in [-0.15, -0.1) is 0 Å². The molecule has 0 fully saturated rings. The molecule has 2 rings (SSSR count). The van der Waals surface area contributed by atoms with Gasteiger partial charge in [-0.2, -0.15) is 0 Å². The summed E-state index contributed by atoms with van der Waals surface area (Å²) in [6, 6.07) is 4.03. The Morgan fingerprint density at radius 1 is 1.33 bits per heavy atom. The maximum Gasteiger partial charge on any atom is 0.306 e. The number of nitrogens with one attached hydrogen (secondary N) is 1. The number of hydrogen-bond acceptors (Lipinski definition) is 4. The highest BCUT2D eigenvalue weighted by Gasteiger charge is 2.36. The van der Waals surface area contributed by atoms with E-state index in [-0.39, 0.29) is 4.90 Å². The number of carbonyl (C=O) groups is 2. The number of carbonyl (C=O) groups excluding carboxylic acids is 1. The normalized spacial score (nSPS) is 18.4. The zero-order chi connectivity index (χ0) is 15.6. The number of aliphatic carboxylic acids is 1. The van der Waals surface area contributed by atoms with Crippen LogP contribution in [-0.2, 0) is 19.6 Å². The highest BCUT2D eigenvalue weighted by Crippen LogP contribution is 2.23. The lowest BCUT2D eigenvalue weighted by atomic mass is 10.2. The van der Waals surface area contributed by atoms with Crippen LogP contribution in [0.15, 0.2) is 41.6 Å². The molecular formula is C12H11ClN2O5S. The van der Waals surface area contributed by atoms with Crippen LogP contribution in [0.1, 0.15) is 6.42 Å². The summed E-state index contributed by atoms with van der Waals surface area (Å²) >= 11 is 5.70. The molecule has 21 heavy (non-hydrogen) atoms. The first kappa shape index (κ1) is 15.3. The van der Waals surface area contributed by atoms with Crippen molar-refractivity contribution >= 4 is 33.5 Å². The molecule has 1 aliphatic rings. The van der Waals surface area contributed by atoms with Crippen molar-refractivity contribution in [2.75, 3.05) is 0 Å². The summed E-state index contributed by atoms with van der Waals surface area (Å²) in [7, 11) is -4.04. The van der Waals surface area contributed by atoms with Gasteiger partial charge in [0.25, 0.3) is 10.0 Å². The molecule has 0 aromatic heterocycles. The monoisotopic (exact) mass is 330 g/mol. The Bertz CT molecular complexity index is 699. The van der Waals surface area contributed by atoms with Gasteiger partial charge in [-0.1, -0.05) is 11.6 Å². The molecule has 2 N–H and O–H groups in total. The highest BCUT2D eigenvalue weighted by atomic mass is 35.5. The van der Waals surface area contributed by atoms with Crippen molar-refractivity contribution in [2.24, 2.45) is 0 Å². The Morgan fingerprint density at radius 3 is 2.52 bits per heavy atom. The molecule has 0 saturated carbocycles. The number of halogens is 1. The predicted octanol–water partition coefficient (Wildman–Crippen LogP) is 0.775. The van der Waals surface area contributed by atoms with Crippen molar-refractivity contribution in [3.63, 3.8) is 0 Å². The topological polar surface area (TPSA) is 104 Å². The molecule has 1 unspecified atom stereocenters. The first-order chi connectivity index (χ1) is 9.82. The highest BCUT2D eigenvalue weighted by molar-refractivity contribution is 7.89. The van der Waals surface area contributed by atoms with Gasteiger partial charge in [-0.05, 0) is 24.3 Å². The second-order valence-electron chi connectivity index (χ2n) is 4.23. The van der Waals surface area contributed by atoms with Gasteiger partial charge in [0.2, 0.25) is 5.91 Å². The van der Waals surface area contributed by atoms with Gasteiger partial charge in [0.1, 0.15) is 6.04 Å². The SMILES string of the molecule is O=C(O)CC1C(=O)NC=CN1S(=O)(=O)c1ccc(Cl)cc1. The van der Waals surface area contributed by atoms with Crippen LogP contribution in [0, 0.1) is 0 Å². The van der Waals surface area contributed by atoms with Gasteiger partial charge >= 0.3 is 5.97 Å². The summed E-state index contributed by atoms with van der Waals surface area (Å²) in [5.74, 6) is -1.97. The third-order valence-corrected chi connectivity index (χ3v) is 4.87. The van der Waals surface area contributed by atoms with E-state index in [4.69, 9.17) is 16.7 Å². The van der Waals surface area contributed by atoms with Crippen LogP contribution in [0.25, 0.3) is 0 Å². The lowest BCUT2D eigenvalue weighted by Gasteiger charge is -2.30. The summed E-state index contributed by atoms with van der Waals surface area (Å²) in [5, 5.41) is 11.5. The Kier molecular flexibility index (Phi) is 4.19. The standard InChI is InChI=1S/C12H11ClN2O5S/c13-8-1-3-9(4-2-8)21(19,20)15-6-5-14-12(18)10(15)7-11(16)17/h1-6,10H,7H2,(H,14,18)(H,16,17). The molecule has 1 amide bonds.